The highest BCUT2D eigenvalue weighted by Gasteiger charge is 2.30. The molecule has 5 heteroatoms. The highest BCUT2D eigenvalue weighted by Crippen LogP contribution is 2.32. The van der Waals surface area contributed by atoms with Crippen LogP contribution in [0.1, 0.15) is 5.56 Å². The molecule has 2 rings (SSSR count). The molecule has 0 atom stereocenters. The normalized spacial score (nSPS) is 17.6. The summed E-state index contributed by atoms with van der Waals surface area (Å²) in [6.07, 6.45) is 3.27. The summed E-state index contributed by atoms with van der Waals surface area (Å²) in [6.45, 7) is 3.98. The van der Waals surface area contributed by atoms with Crippen LogP contribution < -0.4 is 0 Å². The van der Waals surface area contributed by atoms with Gasteiger partial charge in [0.25, 0.3) is 5.91 Å². The molecule has 2 nitrogen and oxygen atoms in total. The van der Waals surface area contributed by atoms with E-state index in [-0.39, 0.29) is 11.7 Å². The zero-order chi connectivity index (χ0) is 13.1. The Kier molecular flexibility index (Phi) is 3.93. The molecule has 1 fully saturated rings. The van der Waals surface area contributed by atoms with Gasteiger partial charge in [0, 0.05) is 6.54 Å². The molecule has 1 amide bonds. The van der Waals surface area contributed by atoms with Gasteiger partial charge < -0.3 is 0 Å². The van der Waals surface area contributed by atoms with Gasteiger partial charge in [-0.25, -0.2) is 4.39 Å². The monoisotopic (exact) mass is 279 g/mol. The van der Waals surface area contributed by atoms with Crippen molar-refractivity contribution in [2.75, 3.05) is 6.54 Å². The van der Waals surface area contributed by atoms with E-state index in [1.807, 2.05) is 0 Å². The molecule has 1 aliphatic rings. The minimum atomic E-state index is -0.328. The second-order valence-electron chi connectivity index (χ2n) is 3.64. The molecule has 0 bridgehead atoms. The number of carbonyl (C=O) groups is 1. The fourth-order valence-corrected chi connectivity index (χ4v) is 2.81. The summed E-state index contributed by atoms with van der Waals surface area (Å²) in [7, 11) is 0. The summed E-state index contributed by atoms with van der Waals surface area (Å²) in [6, 6.07) is 6.08. The Hall–Kier alpha value is -1.46. The molecule has 18 heavy (non-hydrogen) atoms. The van der Waals surface area contributed by atoms with Crippen LogP contribution in [-0.4, -0.2) is 21.7 Å². The van der Waals surface area contributed by atoms with E-state index in [0.29, 0.717) is 21.3 Å². The van der Waals surface area contributed by atoms with Gasteiger partial charge >= 0.3 is 0 Å². The minimum Gasteiger partial charge on any atom is -0.289 e. The van der Waals surface area contributed by atoms with E-state index in [1.54, 1.807) is 24.3 Å². The van der Waals surface area contributed by atoms with Gasteiger partial charge in [0.1, 0.15) is 10.1 Å². The SMILES string of the molecule is C=CCN1C(=O)/C(=C/c2cccc(F)c2)SC1=S. The van der Waals surface area contributed by atoms with E-state index in [9.17, 15) is 9.18 Å². The lowest BCUT2D eigenvalue weighted by Crippen LogP contribution is -2.27. The van der Waals surface area contributed by atoms with Crippen molar-refractivity contribution >= 4 is 40.3 Å². The Morgan fingerprint density at radius 1 is 1.50 bits per heavy atom. The van der Waals surface area contributed by atoms with Gasteiger partial charge in [0.2, 0.25) is 0 Å². The molecule has 1 aromatic rings. The Labute approximate surface area is 114 Å². The van der Waals surface area contributed by atoms with Gasteiger partial charge in [0.15, 0.2) is 0 Å². The number of rotatable bonds is 3. The number of carbonyl (C=O) groups excluding carboxylic acids is 1. The van der Waals surface area contributed by atoms with Gasteiger partial charge in [-0.2, -0.15) is 0 Å². The molecule has 0 spiro atoms. The lowest BCUT2D eigenvalue weighted by molar-refractivity contribution is -0.121. The summed E-state index contributed by atoms with van der Waals surface area (Å²) in [5, 5.41) is 0. The van der Waals surface area contributed by atoms with E-state index in [0.717, 1.165) is 0 Å². The van der Waals surface area contributed by atoms with Gasteiger partial charge in [-0.05, 0) is 23.8 Å². The highest BCUT2D eigenvalue weighted by atomic mass is 32.2. The third-order valence-electron chi connectivity index (χ3n) is 2.33. The van der Waals surface area contributed by atoms with Crippen LogP contribution in [0.4, 0.5) is 4.39 Å². The molecule has 0 unspecified atom stereocenters. The second-order valence-corrected chi connectivity index (χ2v) is 5.31. The number of benzene rings is 1. The standard InChI is InChI=1S/C13H10FNOS2/c1-2-6-15-12(16)11(18-13(15)17)8-9-4-3-5-10(14)7-9/h2-5,7-8H,1,6H2/b11-8-. The average Bonchev–Trinajstić information content (AvgIpc) is 2.57. The Morgan fingerprint density at radius 3 is 2.94 bits per heavy atom. The second kappa shape index (κ2) is 5.46. The largest absolute Gasteiger partial charge is 0.289 e. The molecule has 0 aliphatic carbocycles. The van der Waals surface area contributed by atoms with Gasteiger partial charge in [-0.15, -0.1) is 6.58 Å². The van der Waals surface area contributed by atoms with Gasteiger partial charge in [-0.1, -0.05) is 42.2 Å². The number of thioether (sulfide) groups is 1. The van der Waals surface area contributed by atoms with Crippen molar-refractivity contribution in [2.24, 2.45) is 0 Å². The van der Waals surface area contributed by atoms with Crippen molar-refractivity contribution in [1.29, 1.82) is 0 Å². The molecule has 92 valence electrons. The van der Waals surface area contributed by atoms with E-state index >= 15 is 0 Å². The van der Waals surface area contributed by atoms with Crippen LogP contribution in [0.3, 0.4) is 0 Å². The van der Waals surface area contributed by atoms with Crippen LogP contribution in [0.2, 0.25) is 0 Å². The number of amides is 1. The van der Waals surface area contributed by atoms with Crippen molar-refractivity contribution in [3.05, 3.63) is 53.2 Å². The van der Waals surface area contributed by atoms with E-state index in [2.05, 4.69) is 6.58 Å². The molecule has 1 aliphatic heterocycles. The predicted octanol–water partition coefficient (Wildman–Crippen LogP) is 3.21. The maximum Gasteiger partial charge on any atom is 0.266 e. The maximum absolute atomic E-state index is 13.0. The van der Waals surface area contributed by atoms with Gasteiger partial charge in [-0.3, -0.25) is 9.69 Å². The summed E-state index contributed by atoms with van der Waals surface area (Å²) in [5.74, 6) is -0.487. The molecule has 1 aromatic carbocycles. The Morgan fingerprint density at radius 2 is 2.28 bits per heavy atom. The fourth-order valence-electron chi connectivity index (χ4n) is 1.53. The maximum atomic E-state index is 13.0. The topological polar surface area (TPSA) is 20.3 Å². The molecular formula is C13H10FNOS2. The van der Waals surface area contributed by atoms with Crippen LogP contribution >= 0.6 is 24.0 Å². The molecule has 0 radical (unpaired) electrons. The van der Waals surface area contributed by atoms with Crippen molar-refractivity contribution in [2.45, 2.75) is 0 Å². The number of halogens is 1. The van der Waals surface area contributed by atoms with Gasteiger partial charge in [0.05, 0.1) is 4.91 Å². The number of hydrogen-bond donors (Lipinski definition) is 0. The van der Waals surface area contributed by atoms with E-state index in [1.165, 1.54) is 28.8 Å². The molecular weight excluding hydrogens is 269 g/mol. The molecule has 0 saturated carbocycles. The summed E-state index contributed by atoms with van der Waals surface area (Å²) >= 11 is 6.33. The quantitative estimate of drug-likeness (QED) is 0.481. The zero-order valence-corrected chi connectivity index (χ0v) is 11.1. The third kappa shape index (κ3) is 2.68. The smallest absolute Gasteiger partial charge is 0.266 e. The summed E-state index contributed by atoms with van der Waals surface area (Å²) < 4.78 is 13.5. The van der Waals surface area contributed by atoms with Crippen LogP contribution in [0.5, 0.6) is 0 Å². The molecule has 0 aromatic heterocycles. The zero-order valence-electron chi connectivity index (χ0n) is 9.43. The molecule has 0 N–H and O–H groups in total. The van der Waals surface area contributed by atoms with E-state index in [4.69, 9.17) is 12.2 Å². The first-order chi connectivity index (χ1) is 8.61. The first-order valence-electron chi connectivity index (χ1n) is 5.23. The van der Waals surface area contributed by atoms with Crippen LogP contribution in [0.15, 0.2) is 41.8 Å². The molecule has 1 saturated heterocycles. The predicted molar refractivity (Wildman–Crippen MR) is 76.5 cm³/mol. The van der Waals surface area contributed by atoms with Crippen molar-refractivity contribution < 1.29 is 9.18 Å². The molecule has 1 heterocycles. The number of hydrogen-bond acceptors (Lipinski definition) is 3. The van der Waals surface area contributed by atoms with Crippen LogP contribution in [0, 0.1) is 5.82 Å². The fraction of sp³-hybridized carbons (Fsp3) is 0.0769. The van der Waals surface area contributed by atoms with Crippen molar-refractivity contribution in [3.63, 3.8) is 0 Å². The van der Waals surface area contributed by atoms with E-state index < -0.39 is 0 Å². The lowest BCUT2D eigenvalue weighted by atomic mass is 10.2. The summed E-state index contributed by atoms with van der Waals surface area (Å²) in [4.78, 5) is 14.0. The van der Waals surface area contributed by atoms with Crippen molar-refractivity contribution in [3.8, 4) is 0 Å². The Balaban J connectivity index is 2.27. The lowest BCUT2D eigenvalue weighted by Gasteiger charge is -2.10. The van der Waals surface area contributed by atoms with Crippen LogP contribution in [0.25, 0.3) is 6.08 Å². The van der Waals surface area contributed by atoms with Crippen LogP contribution in [-0.2, 0) is 4.79 Å². The number of thiocarbonyl (C=S) groups is 1. The first-order valence-corrected chi connectivity index (χ1v) is 6.46. The number of nitrogens with zero attached hydrogens (tertiary/aromatic N) is 1. The van der Waals surface area contributed by atoms with Crippen molar-refractivity contribution in [1.82, 2.24) is 4.90 Å². The minimum absolute atomic E-state index is 0.158. The average molecular weight is 279 g/mol. The summed E-state index contributed by atoms with van der Waals surface area (Å²) in [5.41, 5.74) is 0.647. The Bertz CT molecular complexity index is 554. The third-order valence-corrected chi connectivity index (χ3v) is 3.71. The highest BCUT2D eigenvalue weighted by molar-refractivity contribution is 8.26. The first kappa shape index (κ1) is 13.0.